The highest BCUT2D eigenvalue weighted by Gasteiger charge is 2.16. The van der Waals surface area contributed by atoms with Crippen LogP contribution in [0.3, 0.4) is 0 Å². The van der Waals surface area contributed by atoms with E-state index in [1.165, 1.54) is 10.9 Å². The van der Waals surface area contributed by atoms with Crippen molar-refractivity contribution < 1.29 is 9.31 Å². The lowest BCUT2D eigenvalue weighted by Gasteiger charge is -2.00. The van der Waals surface area contributed by atoms with Gasteiger partial charge in [-0.05, 0) is 28.9 Å². The Morgan fingerprint density at radius 1 is 1.60 bits per heavy atom. The molecule has 1 heterocycles. The first kappa shape index (κ1) is 14.1. The van der Waals surface area contributed by atoms with E-state index in [4.69, 9.17) is 5.73 Å². The molecule has 0 amide bonds. The standard InChI is InChI=1S/C11H9BrFN5O2/c1-6-5-17(11(14)16-6)15-4-7-2-9(13)10(18(19)20)3-8(7)12/h2-5H,1H3,(H2,14,16). The second-order valence-corrected chi connectivity index (χ2v) is 4.77. The third-order valence-electron chi connectivity index (χ3n) is 2.42. The van der Waals surface area contributed by atoms with E-state index in [2.05, 4.69) is 26.0 Å². The Bertz CT molecular complexity index is 713. The van der Waals surface area contributed by atoms with Crippen LogP contribution in [0.15, 0.2) is 27.9 Å². The lowest BCUT2D eigenvalue weighted by atomic mass is 10.2. The van der Waals surface area contributed by atoms with E-state index >= 15 is 0 Å². The van der Waals surface area contributed by atoms with Crippen molar-refractivity contribution in [2.24, 2.45) is 5.10 Å². The quantitative estimate of drug-likeness (QED) is 0.526. The molecule has 2 N–H and O–H groups in total. The summed E-state index contributed by atoms with van der Waals surface area (Å²) in [6.07, 6.45) is 2.93. The molecule has 0 fully saturated rings. The Kier molecular flexibility index (Phi) is 3.79. The van der Waals surface area contributed by atoms with Crippen molar-refractivity contribution in [1.29, 1.82) is 0 Å². The number of nitrogen functional groups attached to an aromatic ring is 1. The minimum Gasteiger partial charge on any atom is -0.368 e. The third kappa shape index (κ3) is 2.82. The van der Waals surface area contributed by atoms with Crippen LogP contribution >= 0.6 is 15.9 Å². The van der Waals surface area contributed by atoms with Gasteiger partial charge in [0, 0.05) is 16.1 Å². The normalized spacial score (nSPS) is 11.2. The number of imidazole rings is 1. The van der Waals surface area contributed by atoms with Crippen molar-refractivity contribution in [2.45, 2.75) is 6.92 Å². The summed E-state index contributed by atoms with van der Waals surface area (Å²) >= 11 is 3.13. The molecule has 0 aliphatic carbocycles. The number of halogens is 2. The van der Waals surface area contributed by atoms with Crippen LogP contribution in [0.4, 0.5) is 16.0 Å². The van der Waals surface area contributed by atoms with Crippen molar-refractivity contribution in [3.05, 3.63) is 50.0 Å². The van der Waals surface area contributed by atoms with Crippen molar-refractivity contribution in [3.63, 3.8) is 0 Å². The van der Waals surface area contributed by atoms with Gasteiger partial charge < -0.3 is 5.73 Å². The molecule has 1 aromatic heterocycles. The second kappa shape index (κ2) is 5.37. The van der Waals surface area contributed by atoms with Crippen LogP contribution in [0.25, 0.3) is 0 Å². The Morgan fingerprint density at radius 3 is 2.85 bits per heavy atom. The van der Waals surface area contributed by atoms with Gasteiger partial charge >= 0.3 is 5.69 Å². The topological polar surface area (TPSA) is 99.3 Å². The first-order valence-corrected chi connectivity index (χ1v) is 6.17. The molecular weight excluding hydrogens is 333 g/mol. The molecular formula is C11H9BrFN5O2. The fourth-order valence-electron chi connectivity index (χ4n) is 1.51. The molecule has 104 valence electrons. The number of anilines is 1. The van der Waals surface area contributed by atoms with E-state index in [1.807, 2.05) is 0 Å². The Hall–Kier alpha value is -2.29. The molecule has 0 spiro atoms. The fourth-order valence-corrected chi connectivity index (χ4v) is 1.95. The van der Waals surface area contributed by atoms with Gasteiger partial charge in [-0.15, -0.1) is 0 Å². The Balaban J connectivity index is 2.37. The van der Waals surface area contributed by atoms with Gasteiger partial charge in [0.2, 0.25) is 11.8 Å². The molecule has 2 aromatic rings. The van der Waals surface area contributed by atoms with Gasteiger partial charge in [0.25, 0.3) is 0 Å². The molecule has 1 aromatic carbocycles. The summed E-state index contributed by atoms with van der Waals surface area (Å²) in [5, 5.41) is 14.6. The van der Waals surface area contributed by atoms with E-state index in [0.717, 1.165) is 12.1 Å². The molecule has 0 unspecified atom stereocenters. The van der Waals surface area contributed by atoms with E-state index < -0.39 is 16.4 Å². The molecule has 20 heavy (non-hydrogen) atoms. The maximum Gasteiger partial charge on any atom is 0.305 e. The first-order chi connectivity index (χ1) is 9.38. The highest BCUT2D eigenvalue weighted by molar-refractivity contribution is 9.10. The van der Waals surface area contributed by atoms with Crippen LogP contribution in [0.1, 0.15) is 11.3 Å². The first-order valence-electron chi connectivity index (χ1n) is 5.37. The molecule has 2 rings (SSSR count). The largest absolute Gasteiger partial charge is 0.368 e. The number of rotatable bonds is 3. The summed E-state index contributed by atoms with van der Waals surface area (Å²) < 4.78 is 15.2. The fraction of sp³-hybridized carbons (Fsp3) is 0.0909. The summed E-state index contributed by atoms with van der Waals surface area (Å²) in [5.41, 5.74) is 6.03. The smallest absolute Gasteiger partial charge is 0.305 e. The predicted octanol–water partition coefficient (Wildman–Crippen LogP) is 2.47. The average molecular weight is 342 g/mol. The highest BCUT2D eigenvalue weighted by Crippen LogP contribution is 2.25. The van der Waals surface area contributed by atoms with Crippen LogP contribution in [0, 0.1) is 22.9 Å². The van der Waals surface area contributed by atoms with E-state index in [-0.39, 0.29) is 5.95 Å². The number of nitro benzene ring substituents is 1. The molecule has 0 radical (unpaired) electrons. The minimum atomic E-state index is -0.936. The molecule has 0 aliphatic heterocycles. The number of nitrogens with two attached hydrogens (primary N) is 1. The van der Waals surface area contributed by atoms with Gasteiger partial charge in [-0.2, -0.15) is 9.49 Å². The lowest BCUT2D eigenvalue weighted by molar-refractivity contribution is -0.387. The zero-order chi connectivity index (χ0) is 14.9. The maximum absolute atomic E-state index is 13.5. The number of nitro groups is 1. The summed E-state index contributed by atoms with van der Waals surface area (Å²) in [4.78, 5) is 13.8. The van der Waals surface area contributed by atoms with Crippen LogP contribution in [0.5, 0.6) is 0 Å². The van der Waals surface area contributed by atoms with E-state index in [9.17, 15) is 14.5 Å². The molecule has 0 bridgehead atoms. The second-order valence-electron chi connectivity index (χ2n) is 3.91. The van der Waals surface area contributed by atoms with Crippen molar-refractivity contribution >= 4 is 33.8 Å². The van der Waals surface area contributed by atoms with Gasteiger partial charge in [-0.1, -0.05) is 0 Å². The highest BCUT2D eigenvalue weighted by atomic mass is 79.9. The van der Waals surface area contributed by atoms with Gasteiger partial charge in [-0.25, -0.2) is 9.66 Å². The van der Waals surface area contributed by atoms with Crippen LogP contribution in [0.2, 0.25) is 0 Å². The number of benzene rings is 1. The summed E-state index contributed by atoms with van der Waals surface area (Å²) in [5.74, 6) is -0.744. The molecule has 0 saturated carbocycles. The number of hydrogen-bond donors (Lipinski definition) is 1. The molecule has 0 saturated heterocycles. The minimum absolute atomic E-state index is 0.192. The van der Waals surface area contributed by atoms with E-state index in [1.54, 1.807) is 13.1 Å². The lowest BCUT2D eigenvalue weighted by Crippen LogP contribution is -1.99. The third-order valence-corrected chi connectivity index (χ3v) is 3.11. The summed E-state index contributed by atoms with van der Waals surface area (Å²) in [6.45, 7) is 1.75. The van der Waals surface area contributed by atoms with Crippen LogP contribution in [-0.4, -0.2) is 20.8 Å². The van der Waals surface area contributed by atoms with Crippen LogP contribution < -0.4 is 5.73 Å². The van der Waals surface area contributed by atoms with Gasteiger partial charge in [-0.3, -0.25) is 10.1 Å². The zero-order valence-electron chi connectivity index (χ0n) is 10.2. The van der Waals surface area contributed by atoms with Crippen LogP contribution in [-0.2, 0) is 0 Å². The van der Waals surface area contributed by atoms with Crippen molar-refractivity contribution in [2.75, 3.05) is 5.73 Å². The Labute approximate surface area is 121 Å². The monoisotopic (exact) mass is 341 g/mol. The molecule has 9 heteroatoms. The average Bonchev–Trinajstić information content (AvgIpc) is 2.68. The number of hydrogen-bond acceptors (Lipinski definition) is 5. The zero-order valence-corrected chi connectivity index (χ0v) is 11.8. The number of nitrogens with zero attached hydrogens (tertiary/aromatic N) is 4. The SMILES string of the molecule is Cc1cn(N=Cc2cc(F)c([N+](=O)[O-])cc2Br)c(N)n1. The summed E-state index contributed by atoms with van der Waals surface area (Å²) in [7, 11) is 0. The molecule has 7 nitrogen and oxygen atoms in total. The number of aryl methyl sites for hydroxylation is 1. The predicted molar refractivity (Wildman–Crippen MR) is 75.1 cm³/mol. The van der Waals surface area contributed by atoms with Crippen molar-refractivity contribution in [1.82, 2.24) is 9.66 Å². The maximum atomic E-state index is 13.5. The van der Waals surface area contributed by atoms with Gasteiger partial charge in [0.15, 0.2) is 0 Å². The van der Waals surface area contributed by atoms with Gasteiger partial charge in [0.05, 0.1) is 23.0 Å². The number of aromatic nitrogens is 2. The summed E-state index contributed by atoms with van der Waals surface area (Å²) in [6, 6.07) is 2.10. The molecule has 0 atom stereocenters. The van der Waals surface area contributed by atoms with E-state index in [0.29, 0.717) is 15.7 Å². The van der Waals surface area contributed by atoms with Crippen molar-refractivity contribution in [3.8, 4) is 0 Å². The van der Waals surface area contributed by atoms with Gasteiger partial charge in [0.1, 0.15) is 0 Å². The Morgan fingerprint density at radius 2 is 2.30 bits per heavy atom. The molecule has 0 aliphatic rings.